The summed E-state index contributed by atoms with van der Waals surface area (Å²) in [5.74, 6) is 1.52. The highest BCUT2D eigenvalue weighted by molar-refractivity contribution is 5.95. The third kappa shape index (κ3) is 5.38. The van der Waals surface area contributed by atoms with Crippen molar-refractivity contribution in [1.29, 1.82) is 0 Å². The Labute approximate surface area is 219 Å². The summed E-state index contributed by atoms with van der Waals surface area (Å²) in [5, 5.41) is 6.08. The summed E-state index contributed by atoms with van der Waals surface area (Å²) in [6, 6.07) is 17.3. The van der Waals surface area contributed by atoms with Gasteiger partial charge in [0, 0.05) is 18.2 Å². The Morgan fingerprint density at radius 2 is 1.97 bits per heavy atom. The highest BCUT2D eigenvalue weighted by Crippen LogP contribution is 2.30. The Kier molecular flexibility index (Phi) is 6.76. The van der Waals surface area contributed by atoms with Crippen LogP contribution < -0.4 is 25.0 Å². The molecule has 2 aromatic heterocycles. The molecule has 0 aliphatic carbocycles. The van der Waals surface area contributed by atoms with Crippen LogP contribution in [-0.2, 0) is 20.8 Å². The maximum Gasteiger partial charge on any atom is 0.415 e. The Hall–Kier alpha value is -4.22. The number of amides is 2. The lowest BCUT2D eigenvalue weighted by Gasteiger charge is -2.26. The maximum atomic E-state index is 12.5. The van der Waals surface area contributed by atoms with Crippen LogP contribution in [0.5, 0.6) is 11.6 Å². The summed E-state index contributed by atoms with van der Waals surface area (Å²) >= 11 is 0. The number of pyridine rings is 2. The fourth-order valence-electron chi connectivity index (χ4n) is 4.39. The summed E-state index contributed by atoms with van der Waals surface area (Å²) in [5.41, 5.74) is 2.99. The van der Waals surface area contributed by atoms with Crippen molar-refractivity contribution in [3.63, 3.8) is 0 Å². The molecule has 3 aromatic rings. The van der Waals surface area contributed by atoms with Crippen molar-refractivity contribution in [3.8, 4) is 22.9 Å². The molecule has 0 spiro atoms. The fraction of sp³-hybridized carbons (Fsp3) is 0.333. The van der Waals surface area contributed by atoms with Crippen LogP contribution in [0.3, 0.4) is 0 Å². The predicted molar refractivity (Wildman–Crippen MR) is 137 cm³/mol. The predicted octanol–water partition coefficient (Wildman–Crippen LogP) is 2.76. The number of hydrogen-bond acceptors (Lipinski definition) is 9. The van der Waals surface area contributed by atoms with Crippen molar-refractivity contribution in [1.82, 2.24) is 15.3 Å². The number of nitrogens with zero attached hydrogens (tertiary/aromatic N) is 3. The standard InChI is InChI=1S/C27H27N5O6/c33-24-16-36-22-7-8-23(30-26(22)31-24)32-13-19(38-27(32)34)9-10-28-12-17-3-1-4-18(11-17)21-5-2-6-25(29-21)37-20-14-35-15-20/h1-8,11,19-20,28H,9-10,12-16H2,(H,30,31,33)/t19-/m0/s1. The molecule has 3 aliphatic rings. The van der Waals surface area contributed by atoms with Gasteiger partial charge in [-0.3, -0.25) is 9.69 Å². The molecule has 0 radical (unpaired) electrons. The van der Waals surface area contributed by atoms with E-state index in [1.165, 1.54) is 4.90 Å². The molecular formula is C27H27N5O6. The van der Waals surface area contributed by atoms with Gasteiger partial charge in [-0.25, -0.2) is 14.8 Å². The molecule has 11 nitrogen and oxygen atoms in total. The van der Waals surface area contributed by atoms with Crippen LogP contribution in [0.4, 0.5) is 16.4 Å². The zero-order valence-corrected chi connectivity index (χ0v) is 20.6. The van der Waals surface area contributed by atoms with Gasteiger partial charge in [0.15, 0.2) is 18.2 Å². The molecule has 2 N–H and O–H groups in total. The SMILES string of the molecule is O=C1COc2ccc(N3C[C@H](CCNCc4cccc(-c5cccc(OC6COC6)n5)c4)OC3=O)nc2N1. The number of fused-ring (bicyclic) bond motifs is 1. The second-order valence-corrected chi connectivity index (χ2v) is 9.27. The minimum Gasteiger partial charge on any atom is -0.480 e. The molecule has 1 atom stereocenters. The number of nitrogens with one attached hydrogen (secondary N) is 2. The molecular weight excluding hydrogens is 490 g/mol. The minimum absolute atomic E-state index is 0.0469. The first-order valence-electron chi connectivity index (χ1n) is 12.5. The molecule has 0 bridgehead atoms. The number of rotatable bonds is 9. The Bertz CT molecular complexity index is 1350. The van der Waals surface area contributed by atoms with Crippen LogP contribution in [0, 0.1) is 0 Å². The van der Waals surface area contributed by atoms with E-state index in [4.69, 9.17) is 18.9 Å². The number of aromatic nitrogens is 2. The largest absolute Gasteiger partial charge is 0.480 e. The van der Waals surface area contributed by atoms with E-state index in [1.54, 1.807) is 12.1 Å². The Morgan fingerprint density at radius 3 is 2.84 bits per heavy atom. The highest BCUT2D eigenvalue weighted by atomic mass is 16.6. The summed E-state index contributed by atoms with van der Waals surface area (Å²) in [6.45, 7) is 2.88. The molecule has 0 unspecified atom stereocenters. The van der Waals surface area contributed by atoms with E-state index in [0.717, 1.165) is 16.8 Å². The van der Waals surface area contributed by atoms with Crippen LogP contribution >= 0.6 is 0 Å². The van der Waals surface area contributed by atoms with Gasteiger partial charge in [-0.15, -0.1) is 0 Å². The number of carbonyl (C=O) groups is 2. The number of hydrogen-bond donors (Lipinski definition) is 2. The average Bonchev–Trinajstić information content (AvgIpc) is 3.29. The topological polar surface area (TPSA) is 124 Å². The zero-order valence-electron chi connectivity index (χ0n) is 20.6. The Balaban J connectivity index is 1.00. The molecule has 5 heterocycles. The summed E-state index contributed by atoms with van der Waals surface area (Å²) < 4.78 is 21.9. The van der Waals surface area contributed by atoms with Crippen molar-refractivity contribution in [2.45, 2.75) is 25.2 Å². The van der Waals surface area contributed by atoms with Crippen molar-refractivity contribution < 1.29 is 28.5 Å². The molecule has 11 heteroatoms. The van der Waals surface area contributed by atoms with Gasteiger partial charge in [-0.1, -0.05) is 24.3 Å². The van der Waals surface area contributed by atoms with Gasteiger partial charge in [0.1, 0.15) is 18.0 Å². The van der Waals surface area contributed by atoms with E-state index < -0.39 is 6.09 Å². The van der Waals surface area contributed by atoms with Gasteiger partial charge in [-0.05, 0) is 42.8 Å². The zero-order chi connectivity index (χ0) is 25.9. The minimum atomic E-state index is -0.457. The summed E-state index contributed by atoms with van der Waals surface area (Å²) in [6.07, 6.45) is 0.00393. The number of benzene rings is 1. The van der Waals surface area contributed by atoms with E-state index in [1.807, 2.05) is 30.3 Å². The van der Waals surface area contributed by atoms with Gasteiger partial charge in [-0.2, -0.15) is 0 Å². The van der Waals surface area contributed by atoms with Gasteiger partial charge in [0.05, 0.1) is 25.5 Å². The molecule has 2 amide bonds. The van der Waals surface area contributed by atoms with Crippen LogP contribution in [0.25, 0.3) is 11.3 Å². The van der Waals surface area contributed by atoms with Crippen molar-refractivity contribution in [3.05, 3.63) is 60.2 Å². The lowest BCUT2D eigenvalue weighted by molar-refractivity contribution is -0.118. The molecule has 2 saturated heterocycles. The molecule has 3 aliphatic heterocycles. The Morgan fingerprint density at radius 1 is 1.08 bits per heavy atom. The first-order valence-corrected chi connectivity index (χ1v) is 12.5. The maximum absolute atomic E-state index is 12.5. The molecule has 2 fully saturated rings. The third-order valence-corrected chi connectivity index (χ3v) is 6.42. The van der Waals surface area contributed by atoms with Gasteiger partial charge in [0.2, 0.25) is 5.88 Å². The van der Waals surface area contributed by atoms with E-state index in [-0.39, 0.29) is 24.7 Å². The average molecular weight is 518 g/mol. The molecule has 1 aromatic carbocycles. The van der Waals surface area contributed by atoms with Gasteiger partial charge < -0.3 is 29.6 Å². The fourth-order valence-corrected chi connectivity index (χ4v) is 4.39. The number of ether oxygens (including phenoxy) is 4. The van der Waals surface area contributed by atoms with Crippen LogP contribution in [0.2, 0.25) is 0 Å². The summed E-state index contributed by atoms with van der Waals surface area (Å²) in [7, 11) is 0. The number of anilines is 2. The third-order valence-electron chi connectivity index (χ3n) is 6.42. The second kappa shape index (κ2) is 10.6. The van der Waals surface area contributed by atoms with Crippen molar-refractivity contribution >= 4 is 23.6 Å². The lowest BCUT2D eigenvalue weighted by Crippen LogP contribution is -2.38. The first-order chi connectivity index (χ1) is 18.6. The van der Waals surface area contributed by atoms with Crippen LogP contribution in [-0.4, -0.2) is 67.1 Å². The van der Waals surface area contributed by atoms with E-state index in [9.17, 15) is 9.59 Å². The highest BCUT2D eigenvalue weighted by Gasteiger charge is 2.33. The van der Waals surface area contributed by atoms with E-state index >= 15 is 0 Å². The lowest BCUT2D eigenvalue weighted by atomic mass is 10.1. The van der Waals surface area contributed by atoms with Gasteiger partial charge in [0.25, 0.3) is 5.91 Å². The molecule has 196 valence electrons. The van der Waals surface area contributed by atoms with Crippen LogP contribution in [0.1, 0.15) is 12.0 Å². The second-order valence-electron chi connectivity index (χ2n) is 9.27. The molecule has 0 saturated carbocycles. The number of carbonyl (C=O) groups excluding carboxylic acids is 2. The molecule has 38 heavy (non-hydrogen) atoms. The van der Waals surface area contributed by atoms with Crippen molar-refractivity contribution in [2.24, 2.45) is 0 Å². The van der Waals surface area contributed by atoms with Crippen molar-refractivity contribution in [2.75, 3.05) is 43.1 Å². The molecule has 6 rings (SSSR count). The smallest absolute Gasteiger partial charge is 0.415 e. The monoisotopic (exact) mass is 517 g/mol. The van der Waals surface area contributed by atoms with Gasteiger partial charge >= 0.3 is 6.09 Å². The quantitative estimate of drug-likeness (QED) is 0.412. The normalized spacial score (nSPS) is 18.7. The number of cyclic esters (lactones) is 1. The summed E-state index contributed by atoms with van der Waals surface area (Å²) in [4.78, 5) is 34.5. The van der Waals surface area contributed by atoms with E-state index in [0.29, 0.717) is 62.5 Å². The van der Waals surface area contributed by atoms with E-state index in [2.05, 4.69) is 32.7 Å². The van der Waals surface area contributed by atoms with Crippen LogP contribution in [0.15, 0.2) is 54.6 Å². The first kappa shape index (κ1) is 24.1.